The van der Waals surface area contributed by atoms with Crippen LogP contribution in [0.1, 0.15) is 12.8 Å². The van der Waals surface area contributed by atoms with Crippen molar-refractivity contribution in [1.82, 2.24) is 19.5 Å². The molecule has 1 N–H and O–H groups in total. The molecule has 90 valence electrons. The zero-order valence-corrected chi connectivity index (χ0v) is 10.0. The second-order valence-corrected chi connectivity index (χ2v) is 4.73. The van der Waals surface area contributed by atoms with Gasteiger partial charge in [0.05, 0.1) is 5.52 Å². The van der Waals surface area contributed by atoms with E-state index in [2.05, 4.69) is 33.5 Å². The number of likely N-dealkylation sites (N-methyl/N-ethyl adjacent to an activating group) is 1. The van der Waals surface area contributed by atoms with E-state index in [0.29, 0.717) is 6.04 Å². The van der Waals surface area contributed by atoms with Crippen molar-refractivity contribution < 1.29 is 0 Å². The smallest absolute Gasteiger partial charge is 0.173 e. The van der Waals surface area contributed by atoms with Crippen LogP contribution in [0.25, 0.3) is 5.52 Å². The molecular weight excluding hydrogens is 214 g/mol. The summed E-state index contributed by atoms with van der Waals surface area (Å²) < 4.78 is 1.99. The van der Waals surface area contributed by atoms with Crippen molar-refractivity contribution >= 4 is 11.3 Å². The van der Waals surface area contributed by atoms with Gasteiger partial charge in [-0.25, -0.2) is 0 Å². The highest BCUT2D eigenvalue weighted by Crippen LogP contribution is 2.17. The average molecular weight is 231 g/mol. The lowest BCUT2D eigenvalue weighted by Crippen LogP contribution is -2.40. The third-order valence-corrected chi connectivity index (χ3v) is 3.32. The van der Waals surface area contributed by atoms with Crippen molar-refractivity contribution in [3.8, 4) is 0 Å². The molecule has 2 aromatic heterocycles. The van der Waals surface area contributed by atoms with E-state index in [9.17, 15) is 0 Å². The Kier molecular flexibility index (Phi) is 2.68. The van der Waals surface area contributed by atoms with Crippen LogP contribution in [0.3, 0.4) is 0 Å². The number of likely N-dealkylation sites (tertiary alicyclic amines) is 1. The SMILES string of the molecule is CN1CCCC(Nc2nncn3cccc23)C1. The molecule has 0 saturated carbocycles. The van der Waals surface area contributed by atoms with Crippen LogP contribution >= 0.6 is 0 Å². The largest absolute Gasteiger partial charge is 0.363 e. The fourth-order valence-corrected chi connectivity index (χ4v) is 2.47. The van der Waals surface area contributed by atoms with E-state index in [1.54, 1.807) is 6.33 Å². The van der Waals surface area contributed by atoms with Gasteiger partial charge in [-0.1, -0.05) is 0 Å². The number of piperidine rings is 1. The fraction of sp³-hybridized carbons (Fsp3) is 0.500. The summed E-state index contributed by atoms with van der Waals surface area (Å²) in [7, 11) is 2.16. The minimum atomic E-state index is 0.476. The quantitative estimate of drug-likeness (QED) is 0.844. The van der Waals surface area contributed by atoms with Gasteiger partial charge in [-0.3, -0.25) is 0 Å². The Morgan fingerprint density at radius 2 is 2.41 bits per heavy atom. The summed E-state index contributed by atoms with van der Waals surface area (Å²) in [5.74, 6) is 0.887. The maximum atomic E-state index is 4.20. The van der Waals surface area contributed by atoms with Crippen molar-refractivity contribution in [2.75, 3.05) is 25.5 Å². The highest BCUT2D eigenvalue weighted by Gasteiger charge is 2.18. The summed E-state index contributed by atoms with van der Waals surface area (Å²) in [6, 6.07) is 4.55. The Labute approximate surface area is 100 Å². The Balaban J connectivity index is 1.82. The zero-order valence-electron chi connectivity index (χ0n) is 10.0. The highest BCUT2D eigenvalue weighted by molar-refractivity contribution is 5.67. The molecule has 0 amide bonds. The zero-order chi connectivity index (χ0) is 11.7. The molecule has 1 saturated heterocycles. The minimum absolute atomic E-state index is 0.476. The van der Waals surface area contributed by atoms with Gasteiger partial charge in [0.1, 0.15) is 6.33 Å². The lowest BCUT2D eigenvalue weighted by atomic mass is 10.1. The van der Waals surface area contributed by atoms with E-state index in [-0.39, 0.29) is 0 Å². The van der Waals surface area contributed by atoms with Gasteiger partial charge in [-0.15, -0.1) is 10.2 Å². The molecule has 17 heavy (non-hydrogen) atoms. The monoisotopic (exact) mass is 231 g/mol. The Morgan fingerprint density at radius 3 is 3.29 bits per heavy atom. The molecule has 1 unspecified atom stereocenters. The number of nitrogens with zero attached hydrogens (tertiary/aromatic N) is 4. The lowest BCUT2D eigenvalue weighted by Gasteiger charge is -2.30. The van der Waals surface area contributed by atoms with Gasteiger partial charge < -0.3 is 14.6 Å². The lowest BCUT2D eigenvalue weighted by molar-refractivity contribution is 0.260. The van der Waals surface area contributed by atoms with Crippen LogP contribution in [-0.4, -0.2) is 45.7 Å². The molecule has 3 rings (SSSR count). The van der Waals surface area contributed by atoms with Crippen molar-refractivity contribution in [3.05, 3.63) is 24.7 Å². The molecule has 5 heteroatoms. The van der Waals surface area contributed by atoms with Gasteiger partial charge in [0.15, 0.2) is 5.82 Å². The summed E-state index contributed by atoms with van der Waals surface area (Å²) in [6.45, 7) is 2.27. The highest BCUT2D eigenvalue weighted by atomic mass is 15.2. The maximum absolute atomic E-state index is 4.20. The van der Waals surface area contributed by atoms with E-state index >= 15 is 0 Å². The van der Waals surface area contributed by atoms with Crippen LogP contribution in [0.2, 0.25) is 0 Å². The summed E-state index contributed by atoms with van der Waals surface area (Å²) in [4.78, 5) is 2.35. The molecule has 0 aliphatic carbocycles. The maximum Gasteiger partial charge on any atom is 0.173 e. The molecule has 0 radical (unpaired) electrons. The average Bonchev–Trinajstić information content (AvgIpc) is 2.78. The standard InChI is InChI=1S/C12H17N5/c1-16-6-2-4-10(8-16)14-12-11-5-3-7-17(11)9-13-15-12/h3,5,7,9-10H,2,4,6,8H2,1H3,(H,14,15). The topological polar surface area (TPSA) is 45.5 Å². The molecule has 1 fully saturated rings. The number of hydrogen-bond donors (Lipinski definition) is 1. The minimum Gasteiger partial charge on any atom is -0.363 e. The first-order valence-corrected chi connectivity index (χ1v) is 6.06. The van der Waals surface area contributed by atoms with Crippen LogP contribution in [0.5, 0.6) is 0 Å². The van der Waals surface area contributed by atoms with Crippen LogP contribution in [0.4, 0.5) is 5.82 Å². The third-order valence-electron chi connectivity index (χ3n) is 3.32. The molecular formula is C12H17N5. The summed E-state index contributed by atoms with van der Waals surface area (Å²) in [5.41, 5.74) is 1.09. The number of nitrogens with one attached hydrogen (secondary N) is 1. The van der Waals surface area contributed by atoms with Crippen LogP contribution in [-0.2, 0) is 0 Å². The number of aromatic nitrogens is 3. The predicted molar refractivity (Wildman–Crippen MR) is 67.1 cm³/mol. The number of rotatable bonds is 2. The molecule has 0 bridgehead atoms. The molecule has 1 aliphatic rings. The summed E-state index contributed by atoms with van der Waals surface area (Å²) >= 11 is 0. The van der Waals surface area contributed by atoms with E-state index in [4.69, 9.17) is 0 Å². The van der Waals surface area contributed by atoms with Crippen LogP contribution < -0.4 is 5.32 Å². The van der Waals surface area contributed by atoms with Crippen molar-refractivity contribution in [2.45, 2.75) is 18.9 Å². The van der Waals surface area contributed by atoms with E-state index in [1.165, 1.54) is 19.4 Å². The third kappa shape index (κ3) is 2.10. The molecule has 0 spiro atoms. The van der Waals surface area contributed by atoms with Crippen molar-refractivity contribution in [3.63, 3.8) is 0 Å². The second kappa shape index (κ2) is 4.33. The predicted octanol–water partition coefficient (Wildman–Crippen LogP) is 1.24. The van der Waals surface area contributed by atoms with Gasteiger partial charge in [0.2, 0.25) is 0 Å². The first-order valence-electron chi connectivity index (χ1n) is 6.06. The number of fused-ring (bicyclic) bond motifs is 1. The number of anilines is 1. The first kappa shape index (κ1) is 10.5. The van der Waals surface area contributed by atoms with E-state index in [1.807, 2.05) is 16.7 Å². The Morgan fingerprint density at radius 1 is 1.47 bits per heavy atom. The van der Waals surface area contributed by atoms with Gasteiger partial charge >= 0.3 is 0 Å². The Bertz CT molecular complexity index is 506. The van der Waals surface area contributed by atoms with Gasteiger partial charge in [0, 0.05) is 18.8 Å². The molecule has 3 heterocycles. The molecule has 1 atom stereocenters. The molecule has 0 aromatic carbocycles. The normalized spacial score (nSPS) is 21.8. The molecule has 5 nitrogen and oxygen atoms in total. The number of hydrogen-bond acceptors (Lipinski definition) is 4. The van der Waals surface area contributed by atoms with Crippen molar-refractivity contribution in [2.24, 2.45) is 0 Å². The van der Waals surface area contributed by atoms with E-state index < -0.39 is 0 Å². The van der Waals surface area contributed by atoms with E-state index in [0.717, 1.165) is 17.9 Å². The molecule has 2 aromatic rings. The van der Waals surface area contributed by atoms with Gasteiger partial charge in [-0.05, 0) is 38.6 Å². The van der Waals surface area contributed by atoms with Crippen molar-refractivity contribution in [1.29, 1.82) is 0 Å². The van der Waals surface area contributed by atoms with Gasteiger partial charge in [0.25, 0.3) is 0 Å². The van der Waals surface area contributed by atoms with Gasteiger partial charge in [-0.2, -0.15) is 0 Å². The summed E-state index contributed by atoms with van der Waals surface area (Å²) in [5, 5.41) is 11.7. The van der Waals surface area contributed by atoms with Crippen LogP contribution in [0, 0.1) is 0 Å². The second-order valence-electron chi connectivity index (χ2n) is 4.73. The first-order chi connectivity index (χ1) is 8.33. The van der Waals surface area contributed by atoms with Crippen LogP contribution in [0.15, 0.2) is 24.7 Å². The Hall–Kier alpha value is -1.62. The molecule has 1 aliphatic heterocycles. The fourth-order valence-electron chi connectivity index (χ4n) is 2.47. The summed E-state index contributed by atoms with van der Waals surface area (Å²) in [6.07, 6.45) is 6.16.